The summed E-state index contributed by atoms with van der Waals surface area (Å²) in [6.45, 7) is 0.107. The van der Waals surface area contributed by atoms with Gasteiger partial charge in [0.1, 0.15) is 11.9 Å². The summed E-state index contributed by atoms with van der Waals surface area (Å²) in [6, 6.07) is 3.18. The highest BCUT2D eigenvalue weighted by atomic mass is 79.9. The molecule has 0 radical (unpaired) electrons. The molecule has 0 spiro atoms. The summed E-state index contributed by atoms with van der Waals surface area (Å²) in [5, 5.41) is 12.2. The van der Waals surface area contributed by atoms with Gasteiger partial charge in [0.2, 0.25) is 5.91 Å². The predicted octanol–water partition coefficient (Wildman–Crippen LogP) is 2.50. The van der Waals surface area contributed by atoms with Crippen molar-refractivity contribution in [3.8, 4) is 0 Å². The van der Waals surface area contributed by atoms with E-state index in [1.54, 1.807) is 18.3 Å². The summed E-state index contributed by atoms with van der Waals surface area (Å²) in [4.78, 5) is 29.8. The van der Waals surface area contributed by atoms with Crippen LogP contribution in [0.25, 0.3) is 0 Å². The zero-order valence-corrected chi connectivity index (χ0v) is 14.3. The third kappa shape index (κ3) is 3.72. The molecule has 6 nitrogen and oxygen atoms in total. The minimum atomic E-state index is -0.825. The Hall–Kier alpha value is -1.47. The monoisotopic (exact) mass is 381 g/mol. The molecule has 1 aliphatic heterocycles. The molecule has 1 aliphatic carbocycles. The molecule has 7 heteroatoms. The molecule has 1 aromatic rings. The standard InChI is InChI=1S/C16H20BrN3O3/c17-11-5-6-14(18-8-11)19-15(21)9-20-12-4-2-1-3-10(12)7-13(20)16(22)23/h5-6,8,10,12-13H,1-4,7,9H2,(H,22,23)(H,18,19,21)/t10-,12+,13+/m1/s1. The predicted molar refractivity (Wildman–Crippen MR) is 89.1 cm³/mol. The SMILES string of the molecule is O=C(CN1[C@H](C(=O)O)C[C@H]2CCCC[C@@H]21)Nc1ccc(Br)cn1. The van der Waals surface area contributed by atoms with Gasteiger partial charge in [-0.25, -0.2) is 4.98 Å². The van der Waals surface area contributed by atoms with E-state index < -0.39 is 12.0 Å². The van der Waals surface area contributed by atoms with Crippen molar-refractivity contribution in [2.75, 3.05) is 11.9 Å². The molecule has 3 rings (SSSR count). The molecule has 0 bridgehead atoms. The number of rotatable bonds is 4. The van der Waals surface area contributed by atoms with E-state index in [2.05, 4.69) is 26.2 Å². The number of amides is 1. The normalized spacial score (nSPS) is 27.4. The lowest BCUT2D eigenvalue weighted by molar-refractivity contribution is -0.143. The summed E-state index contributed by atoms with van der Waals surface area (Å²) in [7, 11) is 0. The van der Waals surface area contributed by atoms with Crippen molar-refractivity contribution in [1.82, 2.24) is 9.88 Å². The fourth-order valence-corrected chi connectivity index (χ4v) is 4.06. The number of carboxylic acid groups (broad SMARTS) is 1. The topological polar surface area (TPSA) is 82.5 Å². The molecule has 0 aromatic carbocycles. The Morgan fingerprint density at radius 2 is 2.13 bits per heavy atom. The minimum Gasteiger partial charge on any atom is -0.480 e. The number of anilines is 1. The van der Waals surface area contributed by atoms with Crippen LogP contribution in [-0.2, 0) is 9.59 Å². The highest BCUT2D eigenvalue weighted by molar-refractivity contribution is 9.10. The first kappa shape index (κ1) is 16.4. The summed E-state index contributed by atoms with van der Waals surface area (Å²) < 4.78 is 0.839. The number of pyridine rings is 1. The van der Waals surface area contributed by atoms with Crippen LogP contribution in [0.2, 0.25) is 0 Å². The summed E-state index contributed by atoms with van der Waals surface area (Å²) in [5.74, 6) is -0.154. The minimum absolute atomic E-state index is 0.107. The number of fused-ring (bicyclic) bond motifs is 1. The van der Waals surface area contributed by atoms with E-state index in [-0.39, 0.29) is 18.5 Å². The van der Waals surface area contributed by atoms with E-state index in [1.807, 2.05) is 4.90 Å². The van der Waals surface area contributed by atoms with E-state index in [0.29, 0.717) is 18.2 Å². The number of carbonyl (C=O) groups excluding carboxylic acids is 1. The van der Waals surface area contributed by atoms with Gasteiger partial charge in [0.05, 0.1) is 6.54 Å². The van der Waals surface area contributed by atoms with Gasteiger partial charge < -0.3 is 10.4 Å². The summed E-state index contributed by atoms with van der Waals surface area (Å²) in [6.07, 6.45) is 6.60. The lowest BCUT2D eigenvalue weighted by Crippen LogP contribution is -2.46. The molecular weight excluding hydrogens is 362 g/mol. The van der Waals surface area contributed by atoms with Crippen LogP contribution < -0.4 is 5.32 Å². The van der Waals surface area contributed by atoms with Gasteiger partial charge in [-0.15, -0.1) is 0 Å². The number of hydrogen-bond acceptors (Lipinski definition) is 4. The second kappa shape index (κ2) is 6.97. The molecule has 2 N–H and O–H groups in total. The quantitative estimate of drug-likeness (QED) is 0.836. The zero-order chi connectivity index (χ0) is 16.4. The maximum absolute atomic E-state index is 12.3. The van der Waals surface area contributed by atoms with Crippen LogP contribution >= 0.6 is 15.9 Å². The van der Waals surface area contributed by atoms with E-state index in [0.717, 1.165) is 30.2 Å². The van der Waals surface area contributed by atoms with Gasteiger partial charge in [0.25, 0.3) is 0 Å². The van der Waals surface area contributed by atoms with Gasteiger partial charge >= 0.3 is 5.97 Å². The lowest BCUT2D eigenvalue weighted by atomic mass is 9.85. The van der Waals surface area contributed by atoms with E-state index in [1.165, 1.54) is 0 Å². The first-order chi connectivity index (χ1) is 11.0. The average Bonchev–Trinajstić information content (AvgIpc) is 2.89. The first-order valence-electron chi connectivity index (χ1n) is 7.94. The Morgan fingerprint density at radius 1 is 1.35 bits per heavy atom. The fraction of sp³-hybridized carbons (Fsp3) is 0.562. The smallest absolute Gasteiger partial charge is 0.320 e. The Kier molecular flexibility index (Phi) is 4.96. The molecule has 1 saturated heterocycles. The zero-order valence-electron chi connectivity index (χ0n) is 12.7. The summed E-state index contributed by atoms with van der Waals surface area (Å²) >= 11 is 3.30. The number of carboxylic acids is 1. The van der Waals surface area contributed by atoms with Gasteiger partial charge in [0.15, 0.2) is 0 Å². The molecule has 124 valence electrons. The van der Waals surface area contributed by atoms with Gasteiger partial charge in [-0.1, -0.05) is 12.8 Å². The second-order valence-electron chi connectivity index (χ2n) is 6.28. The van der Waals surface area contributed by atoms with Crippen LogP contribution in [0.5, 0.6) is 0 Å². The molecular formula is C16H20BrN3O3. The molecule has 23 heavy (non-hydrogen) atoms. The number of aromatic nitrogens is 1. The van der Waals surface area contributed by atoms with Crippen molar-refractivity contribution in [3.63, 3.8) is 0 Å². The first-order valence-corrected chi connectivity index (χ1v) is 8.74. The van der Waals surface area contributed by atoms with Crippen LogP contribution in [0, 0.1) is 5.92 Å². The molecule has 1 aromatic heterocycles. The largest absolute Gasteiger partial charge is 0.480 e. The number of carbonyl (C=O) groups is 2. The Balaban J connectivity index is 1.67. The van der Waals surface area contributed by atoms with Crippen molar-refractivity contribution < 1.29 is 14.7 Å². The molecule has 1 amide bonds. The number of likely N-dealkylation sites (tertiary alicyclic amines) is 1. The van der Waals surface area contributed by atoms with Crippen LogP contribution in [0.1, 0.15) is 32.1 Å². The highest BCUT2D eigenvalue weighted by Gasteiger charge is 2.45. The third-order valence-electron chi connectivity index (χ3n) is 4.83. The average molecular weight is 382 g/mol. The van der Waals surface area contributed by atoms with Gasteiger partial charge in [0, 0.05) is 16.7 Å². The van der Waals surface area contributed by atoms with Crippen molar-refractivity contribution in [2.45, 2.75) is 44.2 Å². The molecule has 3 atom stereocenters. The Bertz CT molecular complexity index is 593. The van der Waals surface area contributed by atoms with Crippen molar-refractivity contribution in [2.24, 2.45) is 5.92 Å². The maximum Gasteiger partial charge on any atom is 0.320 e. The van der Waals surface area contributed by atoms with Crippen molar-refractivity contribution >= 4 is 33.6 Å². The maximum atomic E-state index is 12.3. The number of aliphatic carboxylic acids is 1. The third-order valence-corrected chi connectivity index (χ3v) is 5.30. The number of hydrogen-bond donors (Lipinski definition) is 2. The molecule has 2 aliphatic rings. The fourth-order valence-electron chi connectivity index (χ4n) is 3.82. The molecule has 1 saturated carbocycles. The lowest BCUT2D eigenvalue weighted by Gasteiger charge is -2.32. The van der Waals surface area contributed by atoms with Gasteiger partial charge in [-0.05, 0) is 53.2 Å². The van der Waals surface area contributed by atoms with Crippen LogP contribution in [-0.4, -0.2) is 45.5 Å². The Morgan fingerprint density at radius 3 is 2.83 bits per heavy atom. The molecule has 2 heterocycles. The van der Waals surface area contributed by atoms with Crippen LogP contribution in [0.15, 0.2) is 22.8 Å². The van der Waals surface area contributed by atoms with Crippen LogP contribution in [0.4, 0.5) is 5.82 Å². The number of nitrogens with zero attached hydrogens (tertiary/aromatic N) is 2. The highest BCUT2D eigenvalue weighted by Crippen LogP contribution is 2.39. The second-order valence-corrected chi connectivity index (χ2v) is 7.20. The van der Waals surface area contributed by atoms with Crippen LogP contribution in [0.3, 0.4) is 0 Å². The van der Waals surface area contributed by atoms with Crippen molar-refractivity contribution in [3.05, 3.63) is 22.8 Å². The molecule has 2 fully saturated rings. The van der Waals surface area contributed by atoms with Crippen molar-refractivity contribution in [1.29, 1.82) is 0 Å². The Labute approximate surface area is 143 Å². The summed E-state index contributed by atoms with van der Waals surface area (Å²) in [5.41, 5.74) is 0. The van der Waals surface area contributed by atoms with Gasteiger partial charge in [-0.3, -0.25) is 14.5 Å². The van der Waals surface area contributed by atoms with E-state index in [9.17, 15) is 14.7 Å². The van der Waals surface area contributed by atoms with E-state index in [4.69, 9.17) is 0 Å². The van der Waals surface area contributed by atoms with Gasteiger partial charge in [-0.2, -0.15) is 0 Å². The number of halogens is 1. The number of nitrogens with one attached hydrogen (secondary N) is 1. The van der Waals surface area contributed by atoms with E-state index >= 15 is 0 Å². The molecule has 0 unspecified atom stereocenters.